The zero-order valence-electron chi connectivity index (χ0n) is 34.4. The molecule has 310 valence electrons. The molecule has 11 nitrogen and oxygen atoms in total. The Kier molecular flexibility index (Phi) is 8.95. The summed E-state index contributed by atoms with van der Waals surface area (Å²) in [6.45, 7) is 8.57. The molecule has 0 saturated carbocycles. The molecule has 0 amide bonds. The van der Waals surface area contributed by atoms with Gasteiger partial charge in [0.2, 0.25) is 0 Å². The number of aromatic nitrogens is 10. The molecule has 0 unspecified atom stereocenters. The van der Waals surface area contributed by atoms with Gasteiger partial charge in [0.05, 0.1) is 40.0 Å². The summed E-state index contributed by atoms with van der Waals surface area (Å²) in [7, 11) is 0. The third-order valence-electron chi connectivity index (χ3n) is 11.8. The fourth-order valence-electron chi connectivity index (χ4n) is 8.88. The molecule has 0 bridgehead atoms. The average Bonchev–Trinajstić information content (AvgIpc) is 3.88. The third-order valence-corrected chi connectivity index (χ3v) is 11.8. The van der Waals surface area contributed by atoms with Gasteiger partial charge in [-0.2, -0.15) is 0 Å². The van der Waals surface area contributed by atoms with E-state index < -0.39 is 11.6 Å². The molecule has 0 saturated heterocycles. The fraction of sp³-hybridized carbons (Fsp3) is 0. The van der Waals surface area contributed by atoms with Gasteiger partial charge in [-0.05, 0) is 78.4 Å². The third kappa shape index (κ3) is 6.23. The SMILES string of the molecule is [C-]#[N+]c1cc(-n2c3cc(-c4ncccn4)ccc3c3ccc(-c4ncccn4)cc32)c(-n2c3cc(-c4ncccn4)ccc3c3ccc(-c4ncccn4)cc32)cc1-c1c(F)cccc1F. The summed E-state index contributed by atoms with van der Waals surface area (Å²) in [5.41, 5.74) is 6.88. The largest absolute Gasteiger partial charge is 0.308 e. The molecule has 6 aromatic carbocycles. The summed E-state index contributed by atoms with van der Waals surface area (Å²) in [6.07, 6.45) is 13.5. The van der Waals surface area contributed by atoms with Crippen LogP contribution in [-0.4, -0.2) is 49.0 Å². The summed E-state index contributed by atoms with van der Waals surface area (Å²) < 4.78 is 36.4. The van der Waals surface area contributed by atoms with E-state index in [9.17, 15) is 0 Å². The molecule has 66 heavy (non-hydrogen) atoms. The molecule has 0 atom stereocenters. The fourth-order valence-corrected chi connectivity index (χ4v) is 8.88. The summed E-state index contributed by atoms with van der Waals surface area (Å²) in [5.74, 6) is 0.475. The minimum atomic E-state index is -0.801. The van der Waals surface area contributed by atoms with E-state index in [1.165, 1.54) is 18.2 Å². The van der Waals surface area contributed by atoms with Crippen LogP contribution in [0.25, 0.3) is 117 Å². The first-order chi connectivity index (χ1) is 32.5. The average molecular weight is 858 g/mol. The van der Waals surface area contributed by atoms with Crippen LogP contribution in [0.15, 0.2) is 177 Å². The maximum Gasteiger partial charge on any atom is 0.197 e. The van der Waals surface area contributed by atoms with Crippen molar-refractivity contribution in [1.29, 1.82) is 0 Å². The predicted molar refractivity (Wildman–Crippen MR) is 251 cm³/mol. The molecule has 0 N–H and O–H groups in total. The Morgan fingerprint density at radius 2 is 0.697 bits per heavy atom. The number of hydrogen-bond donors (Lipinski definition) is 0. The minimum Gasteiger partial charge on any atom is -0.308 e. The maximum absolute atomic E-state index is 16.1. The molecule has 0 radical (unpaired) electrons. The van der Waals surface area contributed by atoms with Crippen LogP contribution in [-0.2, 0) is 0 Å². The summed E-state index contributed by atoms with van der Waals surface area (Å²) in [5, 5.41) is 3.58. The van der Waals surface area contributed by atoms with Gasteiger partial charge < -0.3 is 9.13 Å². The second kappa shape index (κ2) is 15.4. The van der Waals surface area contributed by atoms with Crippen LogP contribution < -0.4 is 0 Å². The highest BCUT2D eigenvalue weighted by atomic mass is 19.1. The predicted octanol–water partition coefficient (Wildman–Crippen LogP) is 12.2. The Bertz CT molecular complexity index is 3690. The first-order valence-corrected chi connectivity index (χ1v) is 20.8. The maximum atomic E-state index is 16.1. The molecular formula is C53H29F2N11. The van der Waals surface area contributed by atoms with E-state index in [0.717, 1.165) is 65.9 Å². The monoisotopic (exact) mass is 857 g/mol. The van der Waals surface area contributed by atoms with E-state index >= 15 is 8.78 Å². The molecule has 6 aromatic heterocycles. The van der Waals surface area contributed by atoms with Crippen molar-refractivity contribution in [3.8, 4) is 68.1 Å². The first kappa shape index (κ1) is 38.3. The summed E-state index contributed by atoms with van der Waals surface area (Å²) in [6, 6.07) is 38.3. The molecule has 0 aliphatic heterocycles. The normalized spacial score (nSPS) is 11.5. The van der Waals surface area contributed by atoms with Gasteiger partial charge >= 0.3 is 0 Å². The topological polar surface area (TPSA) is 117 Å². The quantitative estimate of drug-likeness (QED) is 0.145. The number of nitrogens with zero attached hydrogens (tertiary/aromatic N) is 11. The lowest BCUT2D eigenvalue weighted by Crippen LogP contribution is -2.05. The Morgan fingerprint density at radius 3 is 1.02 bits per heavy atom. The smallest absolute Gasteiger partial charge is 0.197 e. The van der Waals surface area contributed by atoms with Crippen LogP contribution in [0.1, 0.15) is 0 Å². The lowest BCUT2D eigenvalue weighted by molar-refractivity contribution is 0.590. The Hall–Kier alpha value is -9.41. The number of halogens is 2. The zero-order valence-corrected chi connectivity index (χ0v) is 34.4. The van der Waals surface area contributed by atoms with Gasteiger partial charge in [-0.3, -0.25) is 0 Å². The highest BCUT2D eigenvalue weighted by molar-refractivity contribution is 6.13. The van der Waals surface area contributed by atoms with Gasteiger partial charge in [-0.25, -0.2) is 53.5 Å². The van der Waals surface area contributed by atoms with Crippen LogP contribution in [0.4, 0.5) is 14.5 Å². The van der Waals surface area contributed by atoms with Gasteiger partial charge in [-0.1, -0.05) is 54.6 Å². The minimum absolute atomic E-state index is 0.0374. The van der Waals surface area contributed by atoms with Crippen molar-refractivity contribution in [3.05, 3.63) is 200 Å². The molecule has 0 aliphatic carbocycles. The van der Waals surface area contributed by atoms with Crippen molar-refractivity contribution in [2.75, 3.05) is 0 Å². The molecule has 12 rings (SSSR count). The van der Waals surface area contributed by atoms with E-state index in [0.29, 0.717) is 34.7 Å². The van der Waals surface area contributed by atoms with Crippen LogP contribution in [0.3, 0.4) is 0 Å². The van der Waals surface area contributed by atoms with E-state index in [1.54, 1.807) is 86.0 Å². The van der Waals surface area contributed by atoms with Crippen molar-refractivity contribution in [2.45, 2.75) is 0 Å². The van der Waals surface area contributed by atoms with E-state index in [1.807, 2.05) is 72.8 Å². The molecular weight excluding hydrogens is 829 g/mol. The van der Waals surface area contributed by atoms with E-state index in [4.69, 9.17) is 6.57 Å². The number of rotatable bonds is 7. The Labute approximate surface area is 373 Å². The van der Waals surface area contributed by atoms with E-state index in [-0.39, 0.29) is 16.8 Å². The van der Waals surface area contributed by atoms with Crippen LogP contribution in [0.5, 0.6) is 0 Å². The lowest BCUT2D eigenvalue weighted by atomic mass is 10.00. The second-order valence-corrected chi connectivity index (χ2v) is 15.5. The van der Waals surface area contributed by atoms with Crippen LogP contribution >= 0.6 is 0 Å². The standard InChI is InChI=1S/C53H29F2N11/c1-56-42-30-48(66-45-27-33(52-61-21-5-22-62-52)11-15-37(45)38-16-12-34(28-46(38)66)53-63-23-6-24-64-53)47(29-39(42)49-40(54)7-2-8-41(49)55)65-43-25-31(50-57-17-3-18-58-50)9-13-35(43)36-14-10-32(26-44(36)65)51-59-19-4-20-60-51/h2-30H. The first-order valence-electron chi connectivity index (χ1n) is 20.8. The highest BCUT2D eigenvalue weighted by Gasteiger charge is 2.26. The molecule has 6 heterocycles. The molecule has 0 fully saturated rings. The number of hydrogen-bond acceptors (Lipinski definition) is 8. The Morgan fingerprint density at radius 1 is 0.379 bits per heavy atom. The second-order valence-electron chi connectivity index (χ2n) is 15.5. The van der Waals surface area contributed by atoms with Crippen molar-refractivity contribution >= 4 is 49.3 Å². The van der Waals surface area contributed by atoms with Crippen LogP contribution in [0.2, 0.25) is 0 Å². The van der Waals surface area contributed by atoms with Gasteiger partial charge in [0.15, 0.2) is 29.0 Å². The van der Waals surface area contributed by atoms with Crippen molar-refractivity contribution in [1.82, 2.24) is 49.0 Å². The highest BCUT2D eigenvalue weighted by Crippen LogP contribution is 2.45. The zero-order chi connectivity index (χ0) is 44.3. The molecule has 12 aromatic rings. The summed E-state index contributed by atoms with van der Waals surface area (Å²) in [4.78, 5) is 40.6. The number of benzene rings is 6. The number of fused-ring (bicyclic) bond motifs is 6. The van der Waals surface area contributed by atoms with Crippen molar-refractivity contribution in [2.24, 2.45) is 0 Å². The van der Waals surface area contributed by atoms with Crippen molar-refractivity contribution in [3.63, 3.8) is 0 Å². The van der Waals surface area contributed by atoms with Gasteiger partial charge in [0, 0.05) is 98.9 Å². The van der Waals surface area contributed by atoms with Gasteiger partial charge in [-0.15, -0.1) is 0 Å². The lowest BCUT2D eigenvalue weighted by Gasteiger charge is -2.20. The van der Waals surface area contributed by atoms with Crippen LogP contribution in [0, 0.1) is 18.2 Å². The summed E-state index contributed by atoms with van der Waals surface area (Å²) >= 11 is 0. The Balaban J connectivity index is 1.27. The molecule has 0 aliphatic rings. The molecule has 13 heteroatoms. The molecule has 0 spiro atoms. The van der Waals surface area contributed by atoms with Gasteiger partial charge in [0.1, 0.15) is 11.6 Å². The van der Waals surface area contributed by atoms with Crippen molar-refractivity contribution < 1.29 is 8.78 Å². The van der Waals surface area contributed by atoms with Gasteiger partial charge in [0.25, 0.3) is 0 Å². The van der Waals surface area contributed by atoms with E-state index in [2.05, 4.69) is 53.9 Å².